The quantitative estimate of drug-likeness (QED) is 0.728. The highest BCUT2D eigenvalue weighted by Crippen LogP contribution is 2.51. The molecule has 0 aromatic carbocycles. The van der Waals surface area contributed by atoms with E-state index in [1.165, 1.54) is 0 Å². The number of hydrogen-bond acceptors (Lipinski definition) is 2. The summed E-state index contributed by atoms with van der Waals surface area (Å²) in [7, 11) is 0. The molecule has 1 amide bonds. The third kappa shape index (κ3) is 3.82. The lowest BCUT2D eigenvalue weighted by atomic mass is 10.1. The van der Waals surface area contributed by atoms with Crippen LogP contribution in [0.15, 0.2) is 0 Å². The fourth-order valence-electron chi connectivity index (χ4n) is 1.88. The first-order valence-corrected chi connectivity index (χ1v) is 5.78. The van der Waals surface area contributed by atoms with E-state index in [2.05, 4.69) is 33.0 Å². The van der Waals surface area contributed by atoms with E-state index in [1.54, 1.807) is 0 Å². The van der Waals surface area contributed by atoms with E-state index in [-0.39, 0.29) is 17.2 Å². The minimum Gasteiger partial charge on any atom is -0.391 e. The van der Waals surface area contributed by atoms with Crippen LogP contribution in [0.25, 0.3) is 0 Å². The van der Waals surface area contributed by atoms with Gasteiger partial charge in [-0.15, -0.1) is 0 Å². The Hall–Kier alpha value is -0.570. The molecule has 1 aliphatic carbocycles. The molecule has 0 aliphatic heterocycles. The van der Waals surface area contributed by atoms with E-state index in [9.17, 15) is 9.90 Å². The van der Waals surface area contributed by atoms with Crippen molar-refractivity contribution in [3.63, 3.8) is 0 Å². The van der Waals surface area contributed by atoms with Gasteiger partial charge in [0.2, 0.25) is 5.91 Å². The lowest BCUT2D eigenvalue weighted by Crippen LogP contribution is -2.34. The van der Waals surface area contributed by atoms with Gasteiger partial charge in [-0.25, -0.2) is 0 Å². The molecule has 2 N–H and O–H groups in total. The number of rotatable bonds is 5. The molecule has 0 saturated heterocycles. The summed E-state index contributed by atoms with van der Waals surface area (Å²) >= 11 is 0. The number of carbonyl (C=O) groups is 1. The van der Waals surface area contributed by atoms with Gasteiger partial charge in [0.1, 0.15) is 0 Å². The highest BCUT2D eigenvalue weighted by Gasteiger charge is 2.50. The summed E-state index contributed by atoms with van der Waals surface area (Å²) in [4.78, 5) is 11.6. The number of nitrogens with one attached hydrogen (secondary N) is 1. The van der Waals surface area contributed by atoms with Gasteiger partial charge in [0.05, 0.1) is 6.10 Å². The largest absolute Gasteiger partial charge is 0.391 e. The molecule has 0 spiro atoms. The highest BCUT2D eigenvalue weighted by molar-refractivity contribution is 5.82. The second-order valence-electron chi connectivity index (χ2n) is 5.77. The van der Waals surface area contributed by atoms with Gasteiger partial charge in [-0.1, -0.05) is 27.7 Å². The predicted octanol–water partition coefficient (Wildman–Crippen LogP) is 1.56. The van der Waals surface area contributed by atoms with Gasteiger partial charge in [0.25, 0.3) is 0 Å². The molecule has 1 fully saturated rings. The number of amides is 1. The van der Waals surface area contributed by atoms with E-state index >= 15 is 0 Å². The van der Waals surface area contributed by atoms with Crippen LogP contribution in [0.5, 0.6) is 0 Å². The highest BCUT2D eigenvalue weighted by atomic mass is 16.3. The van der Waals surface area contributed by atoms with Gasteiger partial charge in [0, 0.05) is 12.5 Å². The molecule has 0 aromatic heterocycles. The minimum atomic E-state index is -0.407. The second-order valence-corrected chi connectivity index (χ2v) is 5.77. The molecule has 0 bridgehead atoms. The molecule has 0 radical (unpaired) electrons. The van der Waals surface area contributed by atoms with Crippen LogP contribution >= 0.6 is 0 Å². The molecule has 2 atom stereocenters. The third-order valence-corrected chi connectivity index (χ3v) is 3.09. The van der Waals surface area contributed by atoms with Crippen molar-refractivity contribution in [2.75, 3.05) is 6.54 Å². The Morgan fingerprint density at radius 1 is 1.53 bits per heavy atom. The van der Waals surface area contributed by atoms with Gasteiger partial charge < -0.3 is 10.4 Å². The fourth-order valence-corrected chi connectivity index (χ4v) is 1.88. The van der Waals surface area contributed by atoms with Crippen LogP contribution in [0.1, 0.15) is 40.5 Å². The van der Waals surface area contributed by atoms with Crippen molar-refractivity contribution in [3.8, 4) is 0 Å². The number of carbonyl (C=O) groups excluding carboxylic acids is 1. The Bertz CT molecular complexity index is 236. The maximum Gasteiger partial charge on any atom is 0.223 e. The average molecular weight is 213 g/mol. The van der Waals surface area contributed by atoms with E-state index in [4.69, 9.17) is 0 Å². The lowest BCUT2D eigenvalue weighted by Gasteiger charge is -2.14. The van der Waals surface area contributed by atoms with Crippen molar-refractivity contribution in [1.29, 1.82) is 0 Å². The molecule has 88 valence electrons. The molecular weight excluding hydrogens is 190 g/mol. The fraction of sp³-hybridized carbons (Fsp3) is 0.917. The molecular formula is C12H23NO2. The predicted molar refractivity (Wildman–Crippen MR) is 60.4 cm³/mol. The Morgan fingerprint density at radius 2 is 2.07 bits per heavy atom. The molecule has 2 unspecified atom stereocenters. The van der Waals surface area contributed by atoms with E-state index in [0.29, 0.717) is 12.5 Å². The molecule has 3 heteroatoms. The SMILES string of the molecule is CC(C)CC(O)CNC(=O)C1CC1(C)C. The molecule has 0 aromatic rings. The zero-order chi connectivity index (χ0) is 11.6. The summed E-state index contributed by atoms with van der Waals surface area (Å²) in [6, 6.07) is 0. The van der Waals surface area contributed by atoms with Gasteiger partial charge in [0.15, 0.2) is 0 Å². The Labute approximate surface area is 92.3 Å². The van der Waals surface area contributed by atoms with Crippen LogP contribution in [0, 0.1) is 17.3 Å². The van der Waals surface area contributed by atoms with E-state index < -0.39 is 6.10 Å². The summed E-state index contributed by atoms with van der Waals surface area (Å²) in [5.41, 5.74) is 0.174. The number of hydrogen-bond donors (Lipinski definition) is 2. The van der Waals surface area contributed by atoms with Crippen LogP contribution in [0.3, 0.4) is 0 Å². The smallest absolute Gasteiger partial charge is 0.223 e. The van der Waals surface area contributed by atoms with Crippen molar-refractivity contribution in [1.82, 2.24) is 5.32 Å². The molecule has 1 saturated carbocycles. The summed E-state index contributed by atoms with van der Waals surface area (Å²) in [6.07, 6.45) is 1.31. The van der Waals surface area contributed by atoms with Crippen molar-refractivity contribution < 1.29 is 9.90 Å². The van der Waals surface area contributed by atoms with Crippen LogP contribution < -0.4 is 5.32 Å². The van der Waals surface area contributed by atoms with Crippen LogP contribution in [-0.2, 0) is 4.79 Å². The molecule has 1 aliphatic rings. The standard InChI is InChI=1S/C12H23NO2/c1-8(2)5-9(14)7-13-11(15)10-6-12(10,3)4/h8-10,14H,5-7H2,1-4H3,(H,13,15). The Morgan fingerprint density at radius 3 is 2.47 bits per heavy atom. The van der Waals surface area contributed by atoms with Crippen molar-refractivity contribution in [2.24, 2.45) is 17.3 Å². The van der Waals surface area contributed by atoms with Crippen LogP contribution in [0.2, 0.25) is 0 Å². The van der Waals surface area contributed by atoms with Crippen molar-refractivity contribution >= 4 is 5.91 Å². The van der Waals surface area contributed by atoms with E-state index in [1.807, 2.05) is 0 Å². The number of aliphatic hydroxyl groups is 1. The first-order chi connectivity index (χ1) is 6.83. The molecule has 1 rings (SSSR count). The molecule has 0 heterocycles. The number of aliphatic hydroxyl groups excluding tert-OH is 1. The van der Waals surface area contributed by atoms with E-state index in [0.717, 1.165) is 12.8 Å². The van der Waals surface area contributed by atoms with Crippen LogP contribution in [0.4, 0.5) is 0 Å². The van der Waals surface area contributed by atoms with Crippen LogP contribution in [-0.4, -0.2) is 23.7 Å². The monoisotopic (exact) mass is 213 g/mol. The van der Waals surface area contributed by atoms with Crippen molar-refractivity contribution in [2.45, 2.75) is 46.6 Å². The summed E-state index contributed by atoms with van der Waals surface area (Å²) in [5, 5.41) is 12.4. The van der Waals surface area contributed by atoms with Gasteiger partial charge in [-0.05, 0) is 24.2 Å². The first-order valence-electron chi connectivity index (χ1n) is 5.78. The topological polar surface area (TPSA) is 49.3 Å². The van der Waals surface area contributed by atoms with Gasteiger partial charge >= 0.3 is 0 Å². The first kappa shape index (κ1) is 12.5. The Balaban J connectivity index is 2.18. The lowest BCUT2D eigenvalue weighted by molar-refractivity contribution is -0.123. The van der Waals surface area contributed by atoms with Gasteiger partial charge in [-0.3, -0.25) is 4.79 Å². The normalized spacial score (nSPS) is 25.1. The summed E-state index contributed by atoms with van der Waals surface area (Å²) < 4.78 is 0. The van der Waals surface area contributed by atoms with Crippen molar-refractivity contribution in [3.05, 3.63) is 0 Å². The third-order valence-electron chi connectivity index (χ3n) is 3.09. The second kappa shape index (κ2) is 4.52. The zero-order valence-electron chi connectivity index (χ0n) is 10.2. The zero-order valence-corrected chi connectivity index (χ0v) is 10.2. The maximum atomic E-state index is 11.6. The summed E-state index contributed by atoms with van der Waals surface area (Å²) in [6.45, 7) is 8.72. The molecule has 3 nitrogen and oxygen atoms in total. The maximum absolute atomic E-state index is 11.6. The Kier molecular flexibility index (Phi) is 3.77. The summed E-state index contributed by atoms with van der Waals surface area (Å²) in [5.74, 6) is 0.723. The average Bonchev–Trinajstić information content (AvgIpc) is 2.70. The van der Waals surface area contributed by atoms with Gasteiger partial charge in [-0.2, -0.15) is 0 Å². The molecule has 15 heavy (non-hydrogen) atoms. The minimum absolute atomic E-state index is 0.0998.